The van der Waals surface area contributed by atoms with Gasteiger partial charge in [-0.3, -0.25) is 15.0 Å². The quantitative estimate of drug-likeness (QED) is 0.194. The van der Waals surface area contributed by atoms with Gasteiger partial charge in [0.15, 0.2) is 6.61 Å². The summed E-state index contributed by atoms with van der Waals surface area (Å²) in [7, 11) is 0. The lowest BCUT2D eigenvalue weighted by Gasteiger charge is -2.31. The van der Waals surface area contributed by atoms with Gasteiger partial charge in [-0.2, -0.15) is 0 Å². The number of amides is 2. The molecule has 0 atom stereocenters. The lowest BCUT2D eigenvalue weighted by Crippen LogP contribution is -2.42. The Balaban J connectivity index is 1.88. The minimum absolute atomic E-state index is 0.00120. The molecular weight excluding hydrogens is 460 g/mol. The molecule has 0 fully saturated rings. The number of carbonyl (C=O) groups is 2. The lowest BCUT2D eigenvalue weighted by atomic mass is 10.1. The molecule has 0 saturated carbocycles. The number of benzene rings is 2. The van der Waals surface area contributed by atoms with Crippen molar-refractivity contribution in [3.63, 3.8) is 0 Å². The van der Waals surface area contributed by atoms with Crippen LogP contribution in [0.15, 0.2) is 42.5 Å². The molecule has 2 amide bonds. The molecule has 0 radical (unpaired) electrons. The summed E-state index contributed by atoms with van der Waals surface area (Å²) in [6.07, 6.45) is 2.59. The predicted octanol–water partition coefficient (Wildman–Crippen LogP) is 3.72. The Morgan fingerprint density at radius 3 is 1.92 bits per heavy atom. The molecular formula is C27H38N4O5. The Labute approximate surface area is 213 Å². The fourth-order valence-corrected chi connectivity index (χ4v) is 3.73. The molecule has 2 rings (SSSR count). The van der Waals surface area contributed by atoms with Crippen molar-refractivity contribution in [2.24, 2.45) is 11.5 Å². The highest BCUT2D eigenvalue weighted by molar-refractivity contribution is 5.97. The van der Waals surface area contributed by atoms with Gasteiger partial charge in [-0.25, -0.2) is 0 Å². The third kappa shape index (κ3) is 8.79. The molecule has 36 heavy (non-hydrogen) atoms. The van der Waals surface area contributed by atoms with Gasteiger partial charge >= 0.3 is 0 Å². The maximum atomic E-state index is 13.2. The number of nitrogen functional groups attached to an aromatic ring is 1. The second-order valence-electron chi connectivity index (χ2n) is 9.01. The number of amidine groups is 1. The fourth-order valence-electron chi connectivity index (χ4n) is 3.73. The highest BCUT2D eigenvalue weighted by Crippen LogP contribution is 2.28. The van der Waals surface area contributed by atoms with Gasteiger partial charge in [-0.15, -0.1) is 0 Å². The van der Waals surface area contributed by atoms with E-state index in [1.807, 2.05) is 27.7 Å². The number of unbranched alkanes of at least 4 members (excludes halogenated alkanes) is 2. The number of carbonyl (C=O) groups excluding carboxylic acids is 2. The van der Waals surface area contributed by atoms with Gasteiger partial charge in [0.2, 0.25) is 0 Å². The van der Waals surface area contributed by atoms with Crippen LogP contribution < -0.4 is 25.7 Å². The topological polar surface area (TPSA) is 141 Å². The number of ether oxygens (including phenoxy) is 3. The molecule has 0 bridgehead atoms. The lowest BCUT2D eigenvalue weighted by molar-refractivity contribution is -0.119. The van der Waals surface area contributed by atoms with E-state index in [1.54, 1.807) is 47.4 Å². The molecule has 0 aliphatic heterocycles. The zero-order valence-corrected chi connectivity index (χ0v) is 21.6. The Morgan fingerprint density at radius 2 is 1.39 bits per heavy atom. The van der Waals surface area contributed by atoms with Crippen LogP contribution in [0.2, 0.25) is 0 Å². The highest BCUT2D eigenvalue weighted by Gasteiger charge is 2.25. The maximum absolute atomic E-state index is 13.2. The molecule has 0 heterocycles. The van der Waals surface area contributed by atoms with Crippen LogP contribution >= 0.6 is 0 Å². The second kappa shape index (κ2) is 14.0. The van der Waals surface area contributed by atoms with Crippen molar-refractivity contribution in [3.8, 4) is 17.2 Å². The van der Waals surface area contributed by atoms with E-state index in [4.69, 9.17) is 31.1 Å². The summed E-state index contributed by atoms with van der Waals surface area (Å²) < 4.78 is 17.1. The van der Waals surface area contributed by atoms with E-state index in [-0.39, 0.29) is 36.2 Å². The Kier molecular flexibility index (Phi) is 11.1. The monoisotopic (exact) mass is 498 g/mol. The van der Waals surface area contributed by atoms with Crippen LogP contribution in [0.3, 0.4) is 0 Å². The molecule has 0 aliphatic carbocycles. The van der Waals surface area contributed by atoms with Crippen LogP contribution in [0, 0.1) is 5.41 Å². The zero-order chi connectivity index (χ0) is 26.7. The summed E-state index contributed by atoms with van der Waals surface area (Å²) >= 11 is 0. The van der Waals surface area contributed by atoms with Crippen molar-refractivity contribution >= 4 is 17.6 Å². The summed E-state index contributed by atoms with van der Waals surface area (Å²) in [6, 6.07) is 12.1. The van der Waals surface area contributed by atoms with E-state index in [0.717, 1.165) is 25.0 Å². The Hall–Kier alpha value is -3.75. The Morgan fingerprint density at radius 1 is 0.833 bits per heavy atom. The summed E-state index contributed by atoms with van der Waals surface area (Å²) in [5.41, 5.74) is 11.7. The molecule has 5 N–H and O–H groups in total. The number of hydrogen-bond acceptors (Lipinski definition) is 6. The number of hydrogen-bond donors (Lipinski definition) is 3. The van der Waals surface area contributed by atoms with Gasteiger partial charge in [-0.1, -0.05) is 0 Å². The predicted molar refractivity (Wildman–Crippen MR) is 140 cm³/mol. The second-order valence-corrected chi connectivity index (χ2v) is 9.01. The van der Waals surface area contributed by atoms with E-state index in [0.29, 0.717) is 30.1 Å². The molecule has 0 spiro atoms. The molecule has 2 aromatic carbocycles. The van der Waals surface area contributed by atoms with Crippen LogP contribution in [0.4, 0.5) is 0 Å². The van der Waals surface area contributed by atoms with Crippen molar-refractivity contribution in [3.05, 3.63) is 53.6 Å². The molecule has 0 saturated heterocycles. The first-order valence-corrected chi connectivity index (χ1v) is 12.2. The van der Waals surface area contributed by atoms with E-state index < -0.39 is 5.91 Å². The van der Waals surface area contributed by atoms with E-state index in [1.165, 1.54) is 0 Å². The van der Waals surface area contributed by atoms with Gasteiger partial charge in [0, 0.05) is 23.7 Å². The number of rotatable bonds is 15. The zero-order valence-electron chi connectivity index (χ0n) is 21.6. The number of nitrogens with one attached hydrogen (secondary N) is 1. The average molecular weight is 499 g/mol. The first-order chi connectivity index (χ1) is 17.1. The molecule has 0 unspecified atom stereocenters. The summed E-state index contributed by atoms with van der Waals surface area (Å²) in [4.78, 5) is 26.2. The minimum atomic E-state index is -0.624. The van der Waals surface area contributed by atoms with E-state index >= 15 is 0 Å². The summed E-state index contributed by atoms with van der Waals surface area (Å²) in [6.45, 7) is 8.54. The first kappa shape index (κ1) is 28.5. The van der Waals surface area contributed by atoms with Crippen LogP contribution in [0.25, 0.3) is 0 Å². The minimum Gasteiger partial charge on any atom is -0.494 e. The van der Waals surface area contributed by atoms with Crippen molar-refractivity contribution in [2.45, 2.75) is 59.0 Å². The maximum Gasteiger partial charge on any atom is 0.258 e. The van der Waals surface area contributed by atoms with Gasteiger partial charge in [0.25, 0.3) is 11.8 Å². The number of nitrogens with two attached hydrogens (primary N) is 2. The Bertz CT molecular complexity index is 1010. The van der Waals surface area contributed by atoms with Crippen molar-refractivity contribution in [2.75, 3.05) is 19.8 Å². The fraction of sp³-hybridized carbons (Fsp3) is 0.444. The van der Waals surface area contributed by atoms with E-state index in [9.17, 15) is 9.59 Å². The molecule has 9 heteroatoms. The third-order valence-electron chi connectivity index (χ3n) is 5.39. The third-order valence-corrected chi connectivity index (χ3v) is 5.39. The molecule has 0 aromatic heterocycles. The molecule has 0 aliphatic rings. The van der Waals surface area contributed by atoms with Gasteiger partial charge in [-0.05, 0) is 83.4 Å². The molecule has 2 aromatic rings. The number of nitrogens with zero attached hydrogens (tertiary/aromatic N) is 1. The van der Waals surface area contributed by atoms with Gasteiger partial charge in [0.1, 0.15) is 23.1 Å². The molecule has 196 valence electrons. The van der Waals surface area contributed by atoms with Crippen LogP contribution in [0.5, 0.6) is 17.2 Å². The summed E-state index contributed by atoms with van der Waals surface area (Å²) in [5.74, 6) is 0.786. The van der Waals surface area contributed by atoms with Crippen molar-refractivity contribution < 1.29 is 23.8 Å². The largest absolute Gasteiger partial charge is 0.494 e. The van der Waals surface area contributed by atoms with Gasteiger partial charge in [0.05, 0.1) is 18.8 Å². The highest BCUT2D eigenvalue weighted by atomic mass is 16.5. The number of primary amides is 1. The van der Waals surface area contributed by atoms with E-state index in [2.05, 4.69) is 0 Å². The van der Waals surface area contributed by atoms with Crippen molar-refractivity contribution in [1.29, 1.82) is 5.41 Å². The smallest absolute Gasteiger partial charge is 0.258 e. The summed E-state index contributed by atoms with van der Waals surface area (Å²) in [5, 5.41) is 7.41. The molecule has 9 nitrogen and oxygen atoms in total. The first-order valence-electron chi connectivity index (χ1n) is 12.2. The van der Waals surface area contributed by atoms with Crippen LogP contribution in [-0.4, -0.2) is 54.5 Å². The SMILES string of the molecule is CC(C)N(C(=O)c1ccc(OCCCCCOc2ccc(C(=N)N)cc2)cc1OCC(N)=O)C(C)C. The van der Waals surface area contributed by atoms with Gasteiger partial charge < -0.3 is 30.6 Å². The average Bonchev–Trinajstić information content (AvgIpc) is 2.82. The normalized spacial score (nSPS) is 10.8. The van der Waals surface area contributed by atoms with Crippen LogP contribution in [0.1, 0.15) is 62.9 Å². The van der Waals surface area contributed by atoms with Crippen LogP contribution in [-0.2, 0) is 4.79 Å². The van der Waals surface area contributed by atoms with Crippen molar-refractivity contribution in [1.82, 2.24) is 4.90 Å². The standard InChI is InChI=1S/C27H38N4O5/c1-18(2)31(19(3)4)27(33)23-13-12-22(16-24(23)36-17-25(28)32)35-15-7-5-6-14-34-21-10-8-20(9-11-21)26(29)30/h8-13,16,18-19H,5-7,14-15,17H2,1-4H3,(H2,28,32)(H3,29,30).